The van der Waals surface area contributed by atoms with Crippen molar-refractivity contribution in [3.05, 3.63) is 35.2 Å². The molecule has 0 bridgehead atoms. The molecule has 6 heteroatoms. The quantitative estimate of drug-likeness (QED) is 0.884. The van der Waals surface area contributed by atoms with E-state index in [2.05, 4.69) is 15.6 Å². The fourth-order valence-corrected chi connectivity index (χ4v) is 2.85. The molecule has 2 aromatic rings. The van der Waals surface area contributed by atoms with E-state index in [9.17, 15) is 9.59 Å². The zero-order valence-electron chi connectivity index (χ0n) is 13.7. The summed E-state index contributed by atoms with van der Waals surface area (Å²) in [5.41, 5.74) is 3.02. The number of carbonyl (C=O) groups excluding carboxylic acids is 2. The number of thiazole rings is 1. The van der Waals surface area contributed by atoms with Crippen LogP contribution >= 0.6 is 11.3 Å². The maximum absolute atomic E-state index is 12.3. The van der Waals surface area contributed by atoms with Gasteiger partial charge in [0.05, 0.1) is 5.69 Å². The summed E-state index contributed by atoms with van der Waals surface area (Å²) in [5, 5.41) is 7.89. The van der Waals surface area contributed by atoms with E-state index < -0.39 is 6.04 Å². The standard InChI is InChI=1S/C17H21N3O2S/c1-10(2)15(18-12(4)21)16(22)20-17-19-14(9-23-17)13-7-5-11(3)6-8-13/h5-10,15H,1-4H3,(H,18,21)(H,19,20,22). The number of carbonyl (C=O) groups is 2. The average molecular weight is 331 g/mol. The van der Waals surface area contributed by atoms with Gasteiger partial charge in [0, 0.05) is 17.9 Å². The van der Waals surface area contributed by atoms with Gasteiger partial charge in [-0.25, -0.2) is 4.98 Å². The summed E-state index contributed by atoms with van der Waals surface area (Å²) < 4.78 is 0. The Labute approximate surface area is 140 Å². The molecule has 2 rings (SSSR count). The van der Waals surface area contributed by atoms with Crippen LogP contribution in [0.4, 0.5) is 5.13 Å². The van der Waals surface area contributed by atoms with Crippen LogP contribution in [0.25, 0.3) is 11.3 Å². The molecule has 23 heavy (non-hydrogen) atoms. The first kappa shape index (κ1) is 17.1. The van der Waals surface area contributed by atoms with Crippen LogP contribution in [-0.4, -0.2) is 22.8 Å². The van der Waals surface area contributed by atoms with Crippen LogP contribution in [0.3, 0.4) is 0 Å². The fraction of sp³-hybridized carbons (Fsp3) is 0.353. The largest absolute Gasteiger partial charge is 0.344 e. The molecule has 0 fully saturated rings. The highest BCUT2D eigenvalue weighted by Crippen LogP contribution is 2.25. The molecule has 1 aromatic carbocycles. The van der Waals surface area contributed by atoms with Crippen molar-refractivity contribution in [3.8, 4) is 11.3 Å². The number of anilines is 1. The van der Waals surface area contributed by atoms with Gasteiger partial charge >= 0.3 is 0 Å². The Bertz CT molecular complexity index is 692. The minimum atomic E-state index is -0.570. The molecule has 1 unspecified atom stereocenters. The first-order valence-corrected chi connectivity index (χ1v) is 8.35. The second-order valence-corrected chi connectivity index (χ2v) is 6.67. The van der Waals surface area contributed by atoms with Crippen LogP contribution in [-0.2, 0) is 9.59 Å². The number of nitrogens with zero attached hydrogens (tertiary/aromatic N) is 1. The highest BCUT2D eigenvalue weighted by Gasteiger charge is 2.23. The third-order valence-corrected chi connectivity index (χ3v) is 4.15. The van der Waals surface area contributed by atoms with Crippen LogP contribution in [0.15, 0.2) is 29.6 Å². The van der Waals surface area contributed by atoms with Gasteiger partial charge in [0.15, 0.2) is 5.13 Å². The van der Waals surface area contributed by atoms with Gasteiger partial charge in [-0.3, -0.25) is 9.59 Å². The molecule has 1 aromatic heterocycles. The van der Waals surface area contributed by atoms with Crippen molar-refractivity contribution in [2.75, 3.05) is 5.32 Å². The summed E-state index contributed by atoms with van der Waals surface area (Å²) in [4.78, 5) is 28.0. The molecular formula is C17H21N3O2S. The molecule has 0 aliphatic carbocycles. The summed E-state index contributed by atoms with van der Waals surface area (Å²) in [6.07, 6.45) is 0. The summed E-state index contributed by atoms with van der Waals surface area (Å²) in [6, 6.07) is 7.49. The summed E-state index contributed by atoms with van der Waals surface area (Å²) in [6.45, 7) is 7.21. The van der Waals surface area contributed by atoms with Gasteiger partial charge in [-0.1, -0.05) is 43.7 Å². The third kappa shape index (κ3) is 4.63. The maximum atomic E-state index is 12.3. The smallest absolute Gasteiger partial charge is 0.248 e. The van der Waals surface area contributed by atoms with E-state index >= 15 is 0 Å². The van der Waals surface area contributed by atoms with Crippen molar-refractivity contribution < 1.29 is 9.59 Å². The molecule has 0 saturated carbocycles. The number of aryl methyl sites for hydroxylation is 1. The van der Waals surface area contributed by atoms with Crippen molar-refractivity contribution in [3.63, 3.8) is 0 Å². The molecule has 0 aliphatic heterocycles. The van der Waals surface area contributed by atoms with Gasteiger partial charge in [-0.05, 0) is 12.8 Å². The summed E-state index contributed by atoms with van der Waals surface area (Å²) >= 11 is 1.37. The number of hydrogen-bond donors (Lipinski definition) is 2. The molecule has 1 heterocycles. The number of rotatable bonds is 5. The third-order valence-electron chi connectivity index (χ3n) is 3.39. The van der Waals surface area contributed by atoms with Crippen LogP contribution in [0.5, 0.6) is 0 Å². The van der Waals surface area contributed by atoms with Gasteiger partial charge in [0.2, 0.25) is 11.8 Å². The first-order chi connectivity index (χ1) is 10.9. The molecule has 0 aliphatic rings. The monoisotopic (exact) mass is 331 g/mol. The fourth-order valence-electron chi connectivity index (χ4n) is 2.13. The minimum Gasteiger partial charge on any atom is -0.344 e. The lowest BCUT2D eigenvalue weighted by atomic mass is 10.0. The zero-order chi connectivity index (χ0) is 17.0. The predicted molar refractivity (Wildman–Crippen MR) is 93.4 cm³/mol. The Morgan fingerprint density at radius 2 is 1.83 bits per heavy atom. The van der Waals surface area contributed by atoms with Crippen molar-refractivity contribution >= 4 is 28.3 Å². The molecule has 2 N–H and O–H groups in total. The predicted octanol–water partition coefficient (Wildman–Crippen LogP) is 3.22. The molecule has 5 nitrogen and oxygen atoms in total. The van der Waals surface area contributed by atoms with Gasteiger partial charge < -0.3 is 10.6 Å². The highest BCUT2D eigenvalue weighted by atomic mass is 32.1. The van der Waals surface area contributed by atoms with E-state index in [0.717, 1.165) is 11.3 Å². The lowest BCUT2D eigenvalue weighted by Gasteiger charge is -2.20. The molecule has 122 valence electrons. The Hall–Kier alpha value is -2.21. The van der Waals surface area contributed by atoms with Crippen molar-refractivity contribution in [1.29, 1.82) is 0 Å². The summed E-state index contributed by atoms with van der Waals surface area (Å²) in [5.74, 6) is -0.478. The Morgan fingerprint density at radius 1 is 1.17 bits per heavy atom. The number of nitrogens with one attached hydrogen (secondary N) is 2. The van der Waals surface area contributed by atoms with Crippen molar-refractivity contribution in [2.24, 2.45) is 5.92 Å². The lowest BCUT2D eigenvalue weighted by Crippen LogP contribution is -2.46. The van der Waals surface area contributed by atoms with Crippen molar-refractivity contribution in [1.82, 2.24) is 10.3 Å². The van der Waals surface area contributed by atoms with Gasteiger partial charge in [0.25, 0.3) is 0 Å². The summed E-state index contributed by atoms with van der Waals surface area (Å²) in [7, 11) is 0. The Morgan fingerprint density at radius 3 is 2.39 bits per heavy atom. The van der Waals surface area contributed by atoms with Crippen LogP contribution in [0.2, 0.25) is 0 Å². The van der Waals surface area contributed by atoms with Gasteiger partial charge in [-0.15, -0.1) is 11.3 Å². The zero-order valence-corrected chi connectivity index (χ0v) is 14.5. The molecule has 0 radical (unpaired) electrons. The van der Waals surface area contributed by atoms with Crippen molar-refractivity contribution in [2.45, 2.75) is 33.7 Å². The molecule has 1 atom stereocenters. The minimum absolute atomic E-state index is 0.00423. The number of hydrogen-bond acceptors (Lipinski definition) is 4. The van der Waals surface area contributed by atoms with E-state index in [-0.39, 0.29) is 17.7 Å². The second kappa shape index (κ2) is 7.37. The lowest BCUT2D eigenvalue weighted by molar-refractivity contribution is -0.126. The first-order valence-electron chi connectivity index (χ1n) is 7.47. The van der Waals surface area contributed by atoms with Gasteiger partial charge in [0.1, 0.15) is 6.04 Å². The Kier molecular flexibility index (Phi) is 5.50. The molecule has 0 saturated heterocycles. The number of amides is 2. The maximum Gasteiger partial charge on any atom is 0.248 e. The normalized spacial score (nSPS) is 12.0. The van der Waals surface area contributed by atoms with E-state index in [0.29, 0.717) is 5.13 Å². The van der Waals surface area contributed by atoms with E-state index in [1.807, 2.05) is 50.4 Å². The topological polar surface area (TPSA) is 71.1 Å². The van der Waals surface area contributed by atoms with E-state index in [1.54, 1.807) is 0 Å². The molecular weight excluding hydrogens is 310 g/mol. The van der Waals surface area contributed by atoms with Crippen LogP contribution < -0.4 is 10.6 Å². The second-order valence-electron chi connectivity index (χ2n) is 5.82. The van der Waals surface area contributed by atoms with Crippen LogP contribution in [0, 0.1) is 12.8 Å². The number of benzene rings is 1. The van der Waals surface area contributed by atoms with E-state index in [1.165, 1.54) is 23.8 Å². The SMILES string of the molecule is CC(=O)NC(C(=O)Nc1nc(-c2ccc(C)cc2)cs1)C(C)C. The molecule has 2 amide bonds. The van der Waals surface area contributed by atoms with Gasteiger partial charge in [-0.2, -0.15) is 0 Å². The molecule has 0 spiro atoms. The highest BCUT2D eigenvalue weighted by molar-refractivity contribution is 7.14. The average Bonchev–Trinajstić information content (AvgIpc) is 2.93. The van der Waals surface area contributed by atoms with E-state index in [4.69, 9.17) is 0 Å². The van der Waals surface area contributed by atoms with Crippen LogP contribution in [0.1, 0.15) is 26.3 Å². The Balaban J connectivity index is 2.10. The number of aromatic nitrogens is 1.